The van der Waals surface area contributed by atoms with E-state index < -0.39 is 0 Å². The second kappa shape index (κ2) is 3.53. The van der Waals surface area contributed by atoms with E-state index in [1.54, 1.807) is 0 Å². The summed E-state index contributed by atoms with van der Waals surface area (Å²) in [7, 11) is 1.83. The molecule has 0 radical (unpaired) electrons. The molecule has 2 unspecified atom stereocenters. The summed E-state index contributed by atoms with van der Waals surface area (Å²) in [6, 6.07) is 0. The molecule has 2 rings (SSSR count). The van der Waals surface area contributed by atoms with Crippen LogP contribution in [-0.4, -0.2) is 23.1 Å². The van der Waals surface area contributed by atoms with Crippen molar-refractivity contribution in [3.8, 4) is 0 Å². The number of rotatable bonds is 1. The second-order valence-electron chi connectivity index (χ2n) is 3.64. The molecule has 1 aromatic rings. The van der Waals surface area contributed by atoms with Crippen molar-refractivity contribution in [2.75, 3.05) is 12.4 Å². The number of fused-ring (bicyclic) bond motifs is 1. The number of hydrogen-bond acceptors (Lipinski definition) is 4. The van der Waals surface area contributed by atoms with Crippen LogP contribution in [0.2, 0.25) is 0 Å². The van der Waals surface area contributed by atoms with Crippen LogP contribution >= 0.6 is 0 Å². The zero-order chi connectivity index (χ0) is 10.1. The van der Waals surface area contributed by atoms with Crippen molar-refractivity contribution >= 4 is 5.95 Å². The number of hydrogen-bond donors (Lipinski definition) is 1. The summed E-state index contributed by atoms with van der Waals surface area (Å²) >= 11 is 0. The highest BCUT2D eigenvalue weighted by Gasteiger charge is 2.23. The van der Waals surface area contributed by atoms with E-state index in [4.69, 9.17) is 4.74 Å². The summed E-state index contributed by atoms with van der Waals surface area (Å²) < 4.78 is 5.69. The maximum Gasteiger partial charge on any atom is 0.222 e. The monoisotopic (exact) mass is 193 g/mol. The molecule has 14 heavy (non-hydrogen) atoms. The third kappa shape index (κ3) is 1.57. The largest absolute Gasteiger partial charge is 0.370 e. The molecule has 1 aromatic heterocycles. The molecule has 76 valence electrons. The van der Waals surface area contributed by atoms with Crippen LogP contribution in [0.1, 0.15) is 31.2 Å². The number of anilines is 1. The molecule has 1 aliphatic heterocycles. The summed E-state index contributed by atoms with van der Waals surface area (Å²) in [5.41, 5.74) is 2.22. The molecule has 0 saturated carbocycles. The fourth-order valence-corrected chi connectivity index (χ4v) is 1.79. The van der Waals surface area contributed by atoms with Crippen LogP contribution in [0.4, 0.5) is 5.95 Å². The van der Waals surface area contributed by atoms with E-state index in [2.05, 4.69) is 22.2 Å². The summed E-state index contributed by atoms with van der Waals surface area (Å²) in [6.07, 6.45) is 3.08. The van der Waals surface area contributed by atoms with Crippen LogP contribution in [0.3, 0.4) is 0 Å². The Hall–Kier alpha value is -1.16. The van der Waals surface area contributed by atoms with Gasteiger partial charge in [-0.05, 0) is 13.8 Å². The van der Waals surface area contributed by atoms with Gasteiger partial charge in [0.25, 0.3) is 0 Å². The Kier molecular flexibility index (Phi) is 2.37. The van der Waals surface area contributed by atoms with Crippen molar-refractivity contribution in [3.05, 3.63) is 17.5 Å². The molecule has 0 aromatic carbocycles. The quantitative estimate of drug-likeness (QED) is 0.735. The first-order valence-electron chi connectivity index (χ1n) is 4.89. The Labute approximate surface area is 83.7 Å². The van der Waals surface area contributed by atoms with Gasteiger partial charge in [0.05, 0.1) is 17.9 Å². The minimum Gasteiger partial charge on any atom is -0.370 e. The van der Waals surface area contributed by atoms with Crippen molar-refractivity contribution in [2.24, 2.45) is 0 Å². The highest BCUT2D eigenvalue weighted by atomic mass is 16.5. The van der Waals surface area contributed by atoms with E-state index in [9.17, 15) is 0 Å². The number of ether oxygens (including phenoxy) is 1. The van der Waals surface area contributed by atoms with E-state index in [-0.39, 0.29) is 12.2 Å². The zero-order valence-corrected chi connectivity index (χ0v) is 8.74. The molecular weight excluding hydrogens is 178 g/mol. The van der Waals surface area contributed by atoms with Crippen LogP contribution in [-0.2, 0) is 11.2 Å². The highest BCUT2D eigenvalue weighted by Crippen LogP contribution is 2.28. The first-order chi connectivity index (χ1) is 6.70. The summed E-state index contributed by atoms with van der Waals surface area (Å²) in [6.45, 7) is 4.11. The lowest BCUT2D eigenvalue weighted by Crippen LogP contribution is -2.23. The van der Waals surface area contributed by atoms with Crippen LogP contribution in [0.15, 0.2) is 6.20 Å². The van der Waals surface area contributed by atoms with Crippen LogP contribution in [0.5, 0.6) is 0 Å². The van der Waals surface area contributed by atoms with Gasteiger partial charge in [0.15, 0.2) is 0 Å². The second-order valence-corrected chi connectivity index (χ2v) is 3.64. The predicted octanol–water partition coefficient (Wildman–Crippen LogP) is 1.54. The van der Waals surface area contributed by atoms with Crippen LogP contribution in [0.25, 0.3) is 0 Å². The molecule has 4 heteroatoms. The van der Waals surface area contributed by atoms with Gasteiger partial charge in [0, 0.05) is 25.2 Å². The lowest BCUT2D eigenvalue weighted by molar-refractivity contribution is -0.00615. The predicted molar refractivity (Wildman–Crippen MR) is 54.2 cm³/mol. The molecule has 2 atom stereocenters. The van der Waals surface area contributed by atoms with Gasteiger partial charge in [-0.3, -0.25) is 0 Å². The zero-order valence-electron chi connectivity index (χ0n) is 8.74. The average Bonchev–Trinajstić information content (AvgIpc) is 2.16. The Balaban J connectivity index is 2.39. The topological polar surface area (TPSA) is 47.0 Å². The Bertz CT molecular complexity index is 340. The summed E-state index contributed by atoms with van der Waals surface area (Å²) in [5, 5.41) is 2.94. The minimum absolute atomic E-state index is 0.111. The molecule has 2 heterocycles. The molecule has 0 fully saturated rings. The Morgan fingerprint density at radius 3 is 3.00 bits per heavy atom. The SMILES string of the molecule is CNc1ncc2c(n1)CC(C)OC2C. The van der Waals surface area contributed by atoms with Crippen LogP contribution < -0.4 is 5.32 Å². The van der Waals surface area contributed by atoms with Gasteiger partial charge < -0.3 is 10.1 Å². The molecular formula is C10H15N3O. The van der Waals surface area contributed by atoms with E-state index in [1.165, 1.54) is 0 Å². The lowest BCUT2D eigenvalue weighted by Gasteiger charge is -2.27. The molecule has 1 aliphatic rings. The van der Waals surface area contributed by atoms with E-state index in [1.807, 2.05) is 20.2 Å². The third-order valence-corrected chi connectivity index (χ3v) is 2.48. The lowest BCUT2D eigenvalue weighted by atomic mass is 10.0. The fourth-order valence-electron chi connectivity index (χ4n) is 1.79. The molecule has 4 nitrogen and oxygen atoms in total. The van der Waals surface area contributed by atoms with E-state index in [0.717, 1.165) is 17.7 Å². The van der Waals surface area contributed by atoms with E-state index in [0.29, 0.717) is 5.95 Å². The van der Waals surface area contributed by atoms with Crippen molar-refractivity contribution in [2.45, 2.75) is 32.5 Å². The number of aromatic nitrogens is 2. The molecule has 0 bridgehead atoms. The normalized spacial score (nSPS) is 25.6. The number of nitrogens with one attached hydrogen (secondary N) is 1. The molecule has 0 amide bonds. The van der Waals surface area contributed by atoms with Crippen molar-refractivity contribution in [1.29, 1.82) is 0 Å². The van der Waals surface area contributed by atoms with Gasteiger partial charge in [-0.15, -0.1) is 0 Å². The first kappa shape index (κ1) is 9.40. The van der Waals surface area contributed by atoms with Crippen LogP contribution in [0, 0.1) is 0 Å². The van der Waals surface area contributed by atoms with Crippen molar-refractivity contribution in [1.82, 2.24) is 9.97 Å². The highest BCUT2D eigenvalue weighted by molar-refractivity contribution is 5.31. The third-order valence-electron chi connectivity index (χ3n) is 2.48. The fraction of sp³-hybridized carbons (Fsp3) is 0.600. The van der Waals surface area contributed by atoms with Gasteiger partial charge in [-0.1, -0.05) is 0 Å². The minimum atomic E-state index is 0.111. The van der Waals surface area contributed by atoms with Gasteiger partial charge >= 0.3 is 0 Å². The van der Waals surface area contributed by atoms with Gasteiger partial charge in [0.2, 0.25) is 5.95 Å². The molecule has 0 spiro atoms. The standard InChI is InChI=1S/C10H15N3O/c1-6-4-9-8(7(2)14-6)5-12-10(11-3)13-9/h5-7H,4H2,1-3H3,(H,11,12,13). The summed E-state index contributed by atoms with van der Waals surface area (Å²) in [5.74, 6) is 0.685. The van der Waals surface area contributed by atoms with Gasteiger partial charge in [-0.2, -0.15) is 0 Å². The smallest absolute Gasteiger partial charge is 0.222 e. The molecule has 0 saturated heterocycles. The summed E-state index contributed by atoms with van der Waals surface area (Å²) in [4.78, 5) is 8.61. The number of nitrogens with zero attached hydrogens (tertiary/aromatic N) is 2. The Morgan fingerprint density at radius 1 is 1.50 bits per heavy atom. The van der Waals surface area contributed by atoms with Gasteiger partial charge in [0.1, 0.15) is 0 Å². The maximum absolute atomic E-state index is 5.69. The maximum atomic E-state index is 5.69. The molecule has 0 aliphatic carbocycles. The van der Waals surface area contributed by atoms with E-state index >= 15 is 0 Å². The van der Waals surface area contributed by atoms with Gasteiger partial charge in [-0.25, -0.2) is 9.97 Å². The van der Waals surface area contributed by atoms with Crippen molar-refractivity contribution in [3.63, 3.8) is 0 Å². The first-order valence-corrected chi connectivity index (χ1v) is 4.89. The average molecular weight is 193 g/mol. The van der Waals surface area contributed by atoms with Crippen molar-refractivity contribution < 1.29 is 4.74 Å². The molecule has 1 N–H and O–H groups in total. The Morgan fingerprint density at radius 2 is 2.29 bits per heavy atom.